The van der Waals surface area contributed by atoms with E-state index >= 15 is 0 Å². The smallest absolute Gasteiger partial charge is 0.0678 e. The predicted octanol–water partition coefficient (Wildman–Crippen LogP) is 8.27. The van der Waals surface area contributed by atoms with Crippen molar-refractivity contribution in [1.82, 2.24) is 0 Å². The number of hydrogen-bond acceptors (Lipinski definition) is 1. The summed E-state index contributed by atoms with van der Waals surface area (Å²) in [5, 5.41) is 11.6. The maximum Gasteiger partial charge on any atom is 0.0678 e. The van der Waals surface area contributed by atoms with E-state index in [1.165, 1.54) is 51.4 Å². The average Bonchev–Trinajstić information content (AvgIpc) is 3.04. The normalized spacial score (nSPS) is 49.0. The fourth-order valence-corrected chi connectivity index (χ4v) is 9.31. The second-order valence-electron chi connectivity index (χ2n) is 14.0. The molecule has 4 aliphatic carbocycles. The SMILES string of the molecule is CC(C)C(C)(C)/C=C/[C@H](C)[C@@H]1CC[C@H]2[C@H]3CC[C@H]4CCCC(C)(O)[C@]4(C)[C@H]3CC[C@@]21C. The topological polar surface area (TPSA) is 20.2 Å². The summed E-state index contributed by atoms with van der Waals surface area (Å²) < 4.78 is 0. The van der Waals surface area contributed by atoms with Gasteiger partial charge in [0.25, 0.3) is 0 Å². The molecule has 9 atom stereocenters. The Kier molecular flexibility index (Phi) is 6.07. The maximum absolute atomic E-state index is 11.6. The molecule has 1 unspecified atom stereocenters. The van der Waals surface area contributed by atoms with E-state index < -0.39 is 5.60 Å². The fraction of sp³-hybridized carbons (Fsp3) is 0.933. The molecule has 0 heterocycles. The van der Waals surface area contributed by atoms with Gasteiger partial charge >= 0.3 is 0 Å². The molecule has 4 rings (SSSR count). The van der Waals surface area contributed by atoms with Gasteiger partial charge < -0.3 is 5.11 Å². The molecule has 31 heavy (non-hydrogen) atoms. The minimum Gasteiger partial charge on any atom is -0.390 e. The van der Waals surface area contributed by atoms with Crippen molar-refractivity contribution in [3.8, 4) is 0 Å². The first-order chi connectivity index (χ1) is 14.3. The zero-order valence-corrected chi connectivity index (χ0v) is 22.0. The van der Waals surface area contributed by atoms with Crippen LogP contribution in [0.4, 0.5) is 0 Å². The van der Waals surface area contributed by atoms with Crippen LogP contribution in [-0.4, -0.2) is 10.7 Å². The molecule has 1 N–H and O–H groups in total. The summed E-state index contributed by atoms with van der Waals surface area (Å²) >= 11 is 0. The Morgan fingerprint density at radius 1 is 0.871 bits per heavy atom. The summed E-state index contributed by atoms with van der Waals surface area (Å²) in [4.78, 5) is 0. The third kappa shape index (κ3) is 3.59. The molecule has 1 nitrogen and oxygen atoms in total. The molecule has 4 fully saturated rings. The molecule has 0 radical (unpaired) electrons. The molecule has 0 bridgehead atoms. The molecule has 0 spiro atoms. The summed E-state index contributed by atoms with van der Waals surface area (Å²) in [7, 11) is 0. The Morgan fingerprint density at radius 3 is 2.26 bits per heavy atom. The van der Waals surface area contributed by atoms with E-state index in [0.717, 1.165) is 36.0 Å². The molecule has 4 aliphatic rings. The number of aliphatic hydroxyl groups is 1. The summed E-state index contributed by atoms with van der Waals surface area (Å²) in [5.74, 6) is 5.39. The van der Waals surface area contributed by atoms with E-state index in [1.54, 1.807) is 0 Å². The fourth-order valence-electron chi connectivity index (χ4n) is 9.31. The third-order valence-corrected chi connectivity index (χ3v) is 12.3. The Balaban J connectivity index is 1.56. The lowest BCUT2D eigenvalue weighted by molar-refractivity contribution is -0.209. The van der Waals surface area contributed by atoms with Crippen LogP contribution in [0.5, 0.6) is 0 Å². The van der Waals surface area contributed by atoms with Crippen LogP contribution in [0.3, 0.4) is 0 Å². The highest BCUT2D eigenvalue weighted by Gasteiger charge is 2.64. The van der Waals surface area contributed by atoms with Crippen LogP contribution in [0.25, 0.3) is 0 Å². The van der Waals surface area contributed by atoms with E-state index in [9.17, 15) is 5.11 Å². The average molecular weight is 429 g/mol. The Hall–Kier alpha value is -0.300. The highest BCUT2D eigenvalue weighted by atomic mass is 16.3. The van der Waals surface area contributed by atoms with Gasteiger partial charge in [-0.3, -0.25) is 0 Å². The van der Waals surface area contributed by atoms with Gasteiger partial charge in [-0.05, 0) is 111 Å². The maximum atomic E-state index is 11.6. The second kappa shape index (κ2) is 7.89. The Morgan fingerprint density at radius 2 is 1.58 bits per heavy atom. The summed E-state index contributed by atoms with van der Waals surface area (Å²) in [5.41, 5.74) is 0.449. The van der Waals surface area contributed by atoms with Crippen LogP contribution in [0.2, 0.25) is 0 Å². The zero-order chi connectivity index (χ0) is 22.8. The minimum absolute atomic E-state index is 0.139. The lowest BCUT2D eigenvalue weighted by Gasteiger charge is -2.64. The predicted molar refractivity (Wildman–Crippen MR) is 133 cm³/mol. The van der Waals surface area contributed by atoms with E-state index in [0.29, 0.717) is 17.3 Å². The minimum atomic E-state index is -0.469. The molecule has 0 aliphatic heterocycles. The van der Waals surface area contributed by atoms with Gasteiger partial charge in [0.15, 0.2) is 0 Å². The largest absolute Gasteiger partial charge is 0.390 e. The van der Waals surface area contributed by atoms with Crippen molar-refractivity contribution < 1.29 is 5.11 Å². The molecule has 0 aromatic rings. The third-order valence-electron chi connectivity index (χ3n) is 12.3. The van der Waals surface area contributed by atoms with E-state index in [4.69, 9.17) is 0 Å². The summed E-state index contributed by atoms with van der Waals surface area (Å²) in [6, 6.07) is 0. The van der Waals surface area contributed by atoms with Crippen LogP contribution in [0, 0.1) is 57.7 Å². The van der Waals surface area contributed by atoms with Crippen molar-refractivity contribution in [3.63, 3.8) is 0 Å². The number of rotatable bonds is 4. The van der Waals surface area contributed by atoms with E-state index in [1.807, 2.05) is 0 Å². The summed E-state index contributed by atoms with van der Waals surface area (Å²) in [6.07, 6.45) is 17.1. The van der Waals surface area contributed by atoms with Gasteiger partial charge in [-0.15, -0.1) is 0 Å². The summed E-state index contributed by atoms with van der Waals surface area (Å²) in [6.45, 7) is 19.3. The van der Waals surface area contributed by atoms with Gasteiger partial charge in [-0.2, -0.15) is 0 Å². The Labute approximate surface area is 193 Å². The molecule has 4 saturated carbocycles. The first kappa shape index (κ1) is 23.8. The molecule has 1 heteroatoms. The van der Waals surface area contributed by atoms with Gasteiger partial charge in [0.1, 0.15) is 0 Å². The van der Waals surface area contributed by atoms with Crippen molar-refractivity contribution in [2.45, 2.75) is 119 Å². The van der Waals surface area contributed by atoms with Crippen molar-refractivity contribution in [3.05, 3.63) is 12.2 Å². The lowest BCUT2D eigenvalue weighted by atomic mass is 9.41. The van der Waals surface area contributed by atoms with Crippen molar-refractivity contribution in [1.29, 1.82) is 0 Å². The van der Waals surface area contributed by atoms with Crippen molar-refractivity contribution >= 4 is 0 Å². The van der Waals surface area contributed by atoms with Crippen molar-refractivity contribution in [2.24, 2.45) is 57.7 Å². The van der Waals surface area contributed by atoms with E-state index in [2.05, 4.69) is 67.5 Å². The molecule has 178 valence electrons. The highest BCUT2D eigenvalue weighted by molar-refractivity contribution is 5.14. The van der Waals surface area contributed by atoms with E-state index in [-0.39, 0.29) is 10.8 Å². The molecular weight excluding hydrogens is 376 g/mol. The van der Waals surface area contributed by atoms with Gasteiger partial charge in [0.05, 0.1) is 5.60 Å². The van der Waals surface area contributed by atoms with Gasteiger partial charge in [0.2, 0.25) is 0 Å². The van der Waals surface area contributed by atoms with Crippen LogP contribution < -0.4 is 0 Å². The molecule has 0 amide bonds. The lowest BCUT2D eigenvalue weighted by Crippen LogP contribution is -2.62. The standard InChI is InChI=1S/C30H52O/c1-20(2)27(4,5)18-15-21(3)24-13-14-25-23-12-11-22-10-9-17-29(7,31)30(22,8)26(23)16-19-28(24,25)6/h15,18,20-26,31H,9-14,16-17,19H2,1-8H3/b18-15+/t21-,22+,23+,24-,25-,26-,28+,29?,30-/m0/s1. The highest BCUT2D eigenvalue weighted by Crippen LogP contribution is 2.69. The molecule has 0 aromatic heterocycles. The van der Waals surface area contributed by atoms with Crippen LogP contribution in [-0.2, 0) is 0 Å². The molecule has 0 saturated heterocycles. The first-order valence-corrected chi connectivity index (χ1v) is 13.8. The number of fused-ring (bicyclic) bond motifs is 5. The second-order valence-corrected chi connectivity index (χ2v) is 14.0. The number of hydrogen-bond donors (Lipinski definition) is 1. The zero-order valence-electron chi connectivity index (χ0n) is 22.0. The Bertz CT molecular complexity index is 687. The van der Waals surface area contributed by atoms with Crippen LogP contribution >= 0.6 is 0 Å². The van der Waals surface area contributed by atoms with Crippen LogP contribution in [0.15, 0.2) is 12.2 Å². The first-order valence-electron chi connectivity index (χ1n) is 13.8. The molecule has 0 aromatic carbocycles. The van der Waals surface area contributed by atoms with Gasteiger partial charge in [-0.25, -0.2) is 0 Å². The van der Waals surface area contributed by atoms with Gasteiger partial charge in [-0.1, -0.05) is 67.0 Å². The quantitative estimate of drug-likeness (QED) is 0.447. The molecular formula is C30H52O. The monoisotopic (exact) mass is 428 g/mol. The number of allylic oxidation sites excluding steroid dienone is 2. The van der Waals surface area contributed by atoms with Crippen LogP contribution in [0.1, 0.15) is 113 Å². The van der Waals surface area contributed by atoms with Crippen molar-refractivity contribution in [2.75, 3.05) is 0 Å². The van der Waals surface area contributed by atoms with Gasteiger partial charge in [0, 0.05) is 5.41 Å².